The van der Waals surface area contributed by atoms with Gasteiger partial charge in [0.15, 0.2) is 11.4 Å². The van der Waals surface area contributed by atoms with Crippen LogP contribution in [0.1, 0.15) is 54.2 Å². The monoisotopic (exact) mass is 481 g/mol. The number of carbonyl (C=O) groups is 1. The van der Waals surface area contributed by atoms with Crippen LogP contribution in [-0.4, -0.2) is 45.4 Å². The van der Waals surface area contributed by atoms with Crippen molar-refractivity contribution in [3.8, 4) is 17.3 Å². The molecule has 2 N–H and O–H groups in total. The molecule has 1 amide bonds. The maximum absolute atomic E-state index is 16.3. The van der Waals surface area contributed by atoms with E-state index in [1.54, 1.807) is 11.0 Å². The lowest BCUT2D eigenvalue weighted by molar-refractivity contribution is 0.0742. The Kier molecular flexibility index (Phi) is 6.01. The van der Waals surface area contributed by atoms with Crippen LogP contribution in [0.15, 0.2) is 48.3 Å². The number of hydrogen-bond acceptors (Lipinski definition) is 4. The van der Waals surface area contributed by atoms with Crippen LogP contribution in [0.3, 0.4) is 0 Å². The van der Waals surface area contributed by atoms with Gasteiger partial charge < -0.3 is 10.6 Å². The average Bonchev–Trinajstić information content (AvgIpc) is 3.64. The molecule has 2 unspecified atom stereocenters. The molecule has 0 bridgehead atoms. The van der Waals surface area contributed by atoms with E-state index in [1.165, 1.54) is 41.1 Å². The van der Waals surface area contributed by atoms with Crippen LogP contribution in [0, 0.1) is 23.1 Å². The number of likely N-dealkylation sites (tertiary alicyclic amines) is 1. The number of aromatic nitrogens is 2. The molecule has 0 radical (unpaired) electrons. The summed E-state index contributed by atoms with van der Waals surface area (Å²) in [7, 11) is 0. The largest absolute Gasteiger partial charge is 0.336 e. The first-order chi connectivity index (χ1) is 16.8. The minimum atomic E-state index is -2.03. The molecule has 35 heavy (non-hydrogen) atoms. The Balaban J connectivity index is 1.62. The molecule has 2 heterocycles. The highest BCUT2D eigenvalue weighted by Crippen LogP contribution is 2.53. The molecule has 1 aromatic heterocycles. The molecule has 3 aliphatic rings. The summed E-state index contributed by atoms with van der Waals surface area (Å²) >= 11 is 0. The van der Waals surface area contributed by atoms with Gasteiger partial charge in [-0.1, -0.05) is 18.6 Å². The van der Waals surface area contributed by atoms with Gasteiger partial charge in [0.1, 0.15) is 23.8 Å². The van der Waals surface area contributed by atoms with Crippen molar-refractivity contribution in [2.45, 2.75) is 49.9 Å². The fraction of sp³-hybridized carbons (Fsp3) is 0.423. The Morgan fingerprint density at radius 3 is 2.71 bits per heavy atom. The molecule has 1 saturated heterocycles. The fourth-order valence-corrected chi connectivity index (χ4v) is 5.07. The van der Waals surface area contributed by atoms with E-state index < -0.39 is 23.4 Å². The number of nitrogens with two attached hydrogens (primary N) is 1. The van der Waals surface area contributed by atoms with E-state index in [1.807, 2.05) is 0 Å². The summed E-state index contributed by atoms with van der Waals surface area (Å²) in [6.45, 7) is 0.873. The standard InChI is InChI=1S/C26H26F3N5O/c27-20-5-3-10-26(29,18-8-9-18)24(20)34-23(16-6-7-17(14-30)21(28)12-16)13-22(32-34)25(35)33-11-2-1-4-19(31)15-33/h3,5-7,10,12-13,18-19,24H,1-2,4,8-9,11,15,31H2/t19?,24-,26?/m1/s1. The molecule has 182 valence electrons. The SMILES string of the molecule is N#Cc1ccc(-c2cc(C(=O)N3CCCCC(N)C3)nn2[C@@H]2C(F)=CC=CC2(F)C2CC2)cc1F. The van der Waals surface area contributed by atoms with Crippen molar-refractivity contribution in [3.05, 3.63) is 65.4 Å². The molecule has 2 aliphatic carbocycles. The summed E-state index contributed by atoms with van der Waals surface area (Å²) in [5, 5.41) is 13.5. The second kappa shape index (κ2) is 9.00. The molecule has 0 spiro atoms. The van der Waals surface area contributed by atoms with E-state index in [-0.39, 0.29) is 40.4 Å². The van der Waals surface area contributed by atoms with Crippen molar-refractivity contribution in [3.63, 3.8) is 0 Å². The first kappa shape index (κ1) is 23.4. The minimum absolute atomic E-state index is 0.0133. The van der Waals surface area contributed by atoms with Crippen LogP contribution >= 0.6 is 0 Å². The van der Waals surface area contributed by atoms with Gasteiger partial charge in [-0.05, 0) is 62.0 Å². The number of carbonyl (C=O) groups excluding carboxylic acids is 1. The van der Waals surface area contributed by atoms with Crippen molar-refractivity contribution in [1.82, 2.24) is 14.7 Å². The normalized spacial score (nSPS) is 26.7. The molecule has 1 aliphatic heterocycles. The summed E-state index contributed by atoms with van der Waals surface area (Å²) in [4.78, 5) is 15.0. The third-order valence-electron chi connectivity index (χ3n) is 7.07. The van der Waals surface area contributed by atoms with Gasteiger partial charge in [0, 0.05) is 24.7 Å². The van der Waals surface area contributed by atoms with Gasteiger partial charge in [-0.3, -0.25) is 9.48 Å². The number of nitriles is 1. The van der Waals surface area contributed by atoms with Crippen molar-refractivity contribution >= 4 is 5.91 Å². The Bertz CT molecular complexity index is 1260. The smallest absolute Gasteiger partial charge is 0.274 e. The molecule has 2 fully saturated rings. The summed E-state index contributed by atoms with van der Waals surface area (Å²) in [6, 6.07) is 5.53. The van der Waals surface area contributed by atoms with E-state index in [0.29, 0.717) is 25.9 Å². The van der Waals surface area contributed by atoms with Crippen LogP contribution < -0.4 is 5.73 Å². The molecular weight excluding hydrogens is 455 g/mol. The van der Waals surface area contributed by atoms with Gasteiger partial charge in [-0.2, -0.15) is 10.4 Å². The number of alkyl halides is 1. The predicted molar refractivity (Wildman–Crippen MR) is 124 cm³/mol. The van der Waals surface area contributed by atoms with Crippen molar-refractivity contribution in [2.75, 3.05) is 13.1 Å². The lowest BCUT2D eigenvalue weighted by Gasteiger charge is -2.33. The topological polar surface area (TPSA) is 87.9 Å². The highest BCUT2D eigenvalue weighted by molar-refractivity contribution is 5.93. The summed E-state index contributed by atoms with van der Waals surface area (Å²) in [5.74, 6) is -2.25. The van der Waals surface area contributed by atoms with Crippen molar-refractivity contribution in [2.24, 2.45) is 11.7 Å². The average molecular weight is 482 g/mol. The first-order valence-electron chi connectivity index (χ1n) is 11.9. The van der Waals surface area contributed by atoms with Gasteiger partial charge in [0.05, 0.1) is 11.3 Å². The molecule has 1 saturated carbocycles. The maximum Gasteiger partial charge on any atom is 0.274 e. The Morgan fingerprint density at radius 1 is 1.20 bits per heavy atom. The minimum Gasteiger partial charge on any atom is -0.336 e. The third-order valence-corrected chi connectivity index (χ3v) is 7.07. The number of halogens is 3. The van der Waals surface area contributed by atoms with Crippen LogP contribution in [0.2, 0.25) is 0 Å². The zero-order valence-electron chi connectivity index (χ0n) is 19.1. The summed E-state index contributed by atoms with van der Waals surface area (Å²) in [6.07, 6.45) is 7.64. The van der Waals surface area contributed by atoms with Gasteiger partial charge >= 0.3 is 0 Å². The Labute approximate surface area is 201 Å². The molecule has 1 aromatic carbocycles. The fourth-order valence-electron chi connectivity index (χ4n) is 5.07. The zero-order chi connectivity index (χ0) is 24.7. The molecule has 2 aromatic rings. The van der Waals surface area contributed by atoms with E-state index in [4.69, 9.17) is 11.0 Å². The second-order valence-electron chi connectivity index (χ2n) is 9.59. The quantitative estimate of drug-likeness (QED) is 0.692. The van der Waals surface area contributed by atoms with E-state index in [0.717, 1.165) is 25.3 Å². The number of allylic oxidation sites excluding steroid dienone is 4. The third kappa shape index (κ3) is 4.27. The van der Waals surface area contributed by atoms with Crippen LogP contribution in [0.5, 0.6) is 0 Å². The second-order valence-corrected chi connectivity index (χ2v) is 9.59. The Morgan fingerprint density at radius 2 is 2.00 bits per heavy atom. The van der Waals surface area contributed by atoms with Crippen LogP contribution in [0.25, 0.3) is 11.3 Å². The first-order valence-corrected chi connectivity index (χ1v) is 11.9. The van der Waals surface area contributed by atoms with Gasteiger partial charge in [0.2, 0.25) is 0 Å². The molecule has 3 atom stereocenters. The number of benzene rings is 1. The number of hydrogen-bond donors (Lipinski definition) is 1. The van der Waals surface area contributed by atoms with Crippen molar-refractivity contribution in [1.29, 1.82) is 5.26 Å². The van der Waals surface area contributed by atoms with Crippen LogP contribution in [0.4, 0.5) is 13.2 Å². The maximum atomic E-state index is 16.3. The molecular formula is C26H26F3N5O. The predicted octanol–water partition coefficient (Wildman–Crippen LogP) is 4.60. The van der Waals surface area contributed by atoms with E-state index >= 15 is 8.78 Å². The Hall–Kier alpha value is -3.38. The number of amides is 1. The number of rotatable bonds is 4. The summed E-state index contributed by atoms with van der Waals surface area (Å²) < 4.78 is 47.2. The van der Waals surface area contributed by atoms with Gasteiger partial charge in [-0.15, -0.1) is 0 Å². The van der Waals surface area contributed by atoms with Crippen molar-refractivity contribution < 1.29 is 18.0 Å². The lowest BCUT2D eigenvalue weighted by atomic mass is 9.86. The highest BCUT2D eigenvalue weighted by Gasteiger charge is 2.54. The lowest BCUT2D eigenvalue weighted by Crippen LogP contribution is -2.40. The molecule has 6 nitrogen and oxygen atoms in total. The van der Waals surface area contributed by atoms with Gasteiger partial charge in [0.25, 0.3) is 5.91 Å². The summed E-state index contributed by atoms with van der Waals surface area (Å²) in [5.41, 5.74) is 4.41. The van der Waals surface area contributed by atoms with E-state index in [9.17, 15) is 9.18 Å². The molecule has 9 heteroatoms. The van der Waals surface area contributed by atoms with E-state index in [2.05, 4.69) is 5.10 Å². The number of nitrogens with zero attached hydrogens (tertiary/aromatic N) is 4. The zero-order valence-corrected chi connectivity index (χ0v) is 19.1. The van der Waals surface area contributed by atoms with Crippen LogP contribution in [-0.2, 0) is 0 Å². The highest BCUT2D eigenvalue weighted by atomic mass is 19.2. The molecule has 5 rings (SSSR count). The van der Waals surface area contributed by atoms with Gasteiger partial charge in [-0.25, -0.2) is 13.2 Å².